The molecule has 2 heteroatoms. The third-order valence-electron chi connectivity index (χ3n) is 13.4. The summed E-state index contributed by atoms with van der Waals surface area (Å²) >= 11 is 0. The highest BCUT2D eigenvalue weighted by molar-refractivity contribution is 6.26. The Morgan fingerprint density at radius 1 is 0.559 bits per heavy atom. The molecule has 0 amide bonds. The van der Waals surface area contributed by atoms with Crippen molar-refractivity contribution >= 4 is 49.1 Å². The zero-order chi connectivity index (χ0) is 40.2. The molecule has 0 heterocycles. The van der Waals surface area contributed by atoms with Gasteiger partial charge in [0.1, 0.15) is 0 Å². The molecule has 11 rings (SSSR count). The quantitative estimate of drug-likeness (QED) is 0.0507. The fourth-order valence-corrected chi connectivity index (χ4v) is 10.5. The summed E-state index contributed by atoms with van der Waals surface area (Å²) in [6.07, 6.45) is 4.79. The van der Waals surface area contributed by atoms with Crippen LogP contribution in [0.2, 0.25) is 0 Å². The average molecular weight is 761 g/mol. The van der Waals surface area contributed by atoms with Gasteiger partial charge in [-0.05, 0) is 146 Å². The summed E-state index contributed by atoms with van der Waals surface area (Å²) < 4.78 is 5.54. The van der Waals surface area contributed by atoms with Gasteiger partial charge in [-0.3, -0.25) is 0 Å². The van der Waals surface area contributed by atoms with Crippen LogP contribution in [0.3, 0.4) is 0 Å². The normalized spacial score (nSPS) is 15.2. The van der Waals surface area contributed by atoms with E-state index < -0.39 is 11.4 Å². The van der Waals surface area contributed by atoms with Gasteiger partial charge in [-0.1, -0.05) is 161 Å². The number of carbonyl (C=O) groups excluding carboxylic acids is 1. The van der Waals surface area contributed by atoms with Crippen LogP contribution in [0.5, 0.6) is 0 Å². The lowest BCUT2D eigenvalue weighted by atomic mass is 9.73. The fraction of sp³-hybridized carbons (Fsp3) is 0.140. The molecular weight excluding hydrogens is 717 g/mol. The van der Waals surface area contributed by atoms with Gasteiger partial charge in [-0.2, -0.15) is 0 Å². The molecule has 0 aromatic heterocycles. The third kappa shape index (κ3) is 5.15. The van der Waals surface area contributed by atoms with Crippen molar-refractivity contribution < 1.29 is 9.53 Å². The molecule has 0 fully saturated rings. The maximum atomic E-state index is 12.1. The largest absolute Gasteiger partial charge is 0.463 e. The zero-order valence-electron chi connectivity index (χ0n) is 33.8. The first-order valence-electron chi connectivity index (χ1n) is 20.8. The number of benzene rings is 9. The molecule has 59 heavy (non-hydrogen) atoms. The summed E-state index contributed by atoms with van der Waals surface area (Å²) in [5, 5.41) is 10.3. The van der Waals surface area contributed by atoms with Crippen LogP contribution in [0.15, 0.2) is 165 Å². The Labute approximate surface area is 345 Å². The van der Waals surface area contributed by atoms with E-state index in [-0.39, 0.29) is 5.41 Å². The van der Waals surface area contributed by atoms with Crippen molar-refractivity contribution in [3.63, 3.8) is 0 Å². The van der Waals surface area contributed by atoms with E-state index in [1.165, 1.54) is 121 Å². The van der Waals surface area contributed by atoms with Crippen LogP contribution in [0.4, 0.5) is 0 Å². The van der Waals surface area contributed by atoms with E-state index in [2.05, 4.69) is 180 Å². The van der Waals surface area contributed by atoms with Crippen molar-refractivity contribution in [2.24, 2.45) is 0 Å². The maximum Gasteiger partial charge on any atom is 0.330 e. The highest BCUT2D eigenvalue weighted by Gasteiger charge is 2.41. The Morgan fingerprint density at radius 2 is 1.10 bits per heavy atom. The predicted molar refractivity (Wildman–Crippen MR) is 248 cm³/mol. The number of hydrogen-bond donors (Lipinski definition) is 0. The lowest BCUT2D eigenvalue weighted by Gasteiger charge is -2.29. The lowest BCUT2D eigenvalue weighted by Crippen LogP contribution is -2.23. The van der Waals surface area contributed by atoms with Gasteiger partial charge in [0.2, 0.25) is 0 Å². The van der Waals surface area contributed by atoms with Crippen molar-refractivity contribution in [2.45, 2.75) is 44.4 Å². The standard InChI is InChI=1S/C57H44O2/c1-6-52(58)59-29-11-28-57(7-2)50-32-35(40-22-18-34-16-17-37-30-39(56(3,4)5)31-38-21-25-48(40)54(34)53(37)38)19-23-44(50)45-24-20-36(33-51(45)57)41-26-27-49-43-13-9-8-12-42(43)47-15-10-14-46(41)55(47)49/h6-10,12-27,30-33H,1-2,11,28-29H2,3-5H3. The third-order valence-corrected chi connectivity index (χ3v) is 13.4. The molecule has 0 aliphatic heterocycles. The van der Waals surface area contributed by atoms with Crippen LogP contribution in [-0.4, -0.2) is 12.6 Å². The molecule has 1 atom stereocenters. The van der Waals surface area contributed by atoms with E-state index in [1.807, 2.05) is 0 Å². The molecule has 0 saturated heterocycles. The average Bonchev–Trinajstić information content (AvgIpc) is 3.73. The molecule has 9 aromatic carbocycles. The first kappa shape index (κ1) is 35.4. The Kier molecular flexibility index (Phi) is 7.72. The first-order chi connectivity index (χ1) is 28.7. The summed E-state index contributed by atoms with van der Waals surface area (Å²) in [6, 6.07) is 52.6. The van der Waals surface area contributed by atoms with Crippen LogP contribution in [0.25, 0.3) is 98.7 Å². The van der Waals surface area contributed by atoms with E-state index in [4.69, 9.17) is 4.74 Å². The van der Waals surface area contributed by atoms with Gasteiger partial charge >= 0.3 is 5.97 Å². The molecule has 2 aliphatic rings. The van der Waals surface area contributed by atoms with Gasteiger partial charge in [0, 0.05) is 11.5 Å². The smallest absolute Gasteiger partial charge is 0.330 e. The molecule has 0 N–H and O–H groups in total. The van der Waals surface area contributed by atoms with Crippen molar-refractivity contribution in [1.82, 2.24) is 0 Å². The van der Waals surface area contributed by atoms with Crippen LogP contribution in [0, 0.1) is 0 Å². The van der Waals surface area contributed by atoms with Crippen molar-refractivity contribution in [1.29, 1.82) is 0 Å². The van der Waals surface area contributed by atoms with E-state index in [1.54, 1.807) is 0 Å². The van der Waals surface area contributed by atoms with Crippen LogP contribution in [0.1, 0.15) is 50.3 Å². The Morgan fingerprint density at radius 3 is 1.75 bits per heavy atom. The van der Waals surface area contributed by atoms with Crippen LogP contribution < -0.4 is 0 Å². The Hall–Kier alpha value is -6.77. The Balaban J connectivity index is 1.07. The monoisotopic (exact) mass is 760 g/mol. The van der Waals surface area contributed by atoms with E-state index >= 15 is 0 Å². The second-order valence-electron chi connectivity index (χ2n) is 17.5. The van der Waals surface area contributed by atoms with E-state index in [0.717, 1.165) is 6.42 Å². The van der Waals surface area contributed by atoms with Gasteiger partial charge in [0.15, 0.2) is 0 Å². The fourth-order valence-electron chi connectivity index (χ4n) is 10.5. The number of esters is 1. The van der Waals surface area contributed by atoms with Crippen molar-refractivity contribution in [2.75, 3.05) is 6.61 Å². The first-order valence-corrected chi connectivity index (χ1v) is 20.8. The van der Waals surface area contributed by atoms with E-state index in [0.29, 0.717) is 13.0 Å². The van der Waals surface area contributed by atoms with Crippen molar-refractivity contribution in [3.8, 4) is 55.6 Å². The van der Waals surface area contributed by atoms with Crippen LogP contribution >= 0.6 is 0 Å². The SMILES string of the molecule is C=CC(=O)OCCCC1(C=C)c2cc(-c3ccc4c5c(cccc35)-c3ccccc3-4)ccc2-c2ccc(-c3ccc4ccc5cc(C(C)(C)C)cc6ccc3c4c56)cc21. The van der Waals surface area contributed by atoms with Gasteiger partial charge in [-0.15, -0.1) is 6.58 Å². The minimum atomic E-state index is -0.504. The number of ether oxygens (including phenoxy) is 1. The molecule has 9 aromatic rings. The second kappa shape index (κ2) is 12.9. The summed E-state index contributed by atoms with van der Waals surface area (Å²) in [5.74, 6) is -0.396. The molecule has 284 valence electrons. The molecular formula is C57H44O2. The molecule has 0 bridgehead atoms. The van der Waals surface area contributed by atoms with E-state index in [9.17, 15) is 4.79 Å². The summed E-state index contributed by atoms with van der Waals surface area (Å²) in [4.78, 5) is 12.1. The number of hydrogen-bond acceptors (Lipinski definition) is 2. The highest BCUT2D eigenvalue weighted by atomic mass is 16.5. The number of fused-ring (bicyclic) bond motifs is 6. The number of rotatable bonds is 8. The van der Waals surface area contributed by atoms with Gasteiger partial charge in [0.05, 0.1) is 6.61 Å². The summed E-state index contributed by atoms with van der Waals surface area (Å²) in [7, 11) is 0. The number of allylic oxidation sites excluding steroid dienone is 1. The topological polar surface area (TPSA) is 26.3 Å². The molecule has 2 nitrogen and oxygen atoms in total. The highest BCUT2D eigenvalue weighted by Crippen LogP contribution is 2.55. The maximum absolute atomic E-state index is 12.1. The molecule has 2 aliphatic carbocycles. The van der Waals surface area contributed by atoms with Gasteiger partial charge in [0.25, 0.3) is 0 Å². The Bertz CT molecular complexity index is 3220. The van der Waals surface area contributed by atoms with Gasteiger partial charge < -0.3 is 4.74 Å². The minimum absolute atomic E-state index is 0.0609. The van der Waals surface area contributed by atoms with Gasteiger partial charge in [-0.25, -0.2) is 4.79 Å². The molecule has 0 radical (unpaired) electrons. The number of carbonyl (C=O) groups is 1. The molecule has 0 saturated carbocycles. The lowest BCUT2D eigenvalue weighted by molar-refractivity contribution is -0.137. The van der Waals surface area contributed by atoms with Crippen molar-refractivity contribution in [3.05, 3.63) is 182 Å². The minimum Gasteiger partial charge on any atom is -0.463 e. The predicted octanol–water partition coefficient (Wildman–Crippen LogP) is 15.0. The summed E-state index contributed by atoms with van der Waals surface area (Å²) in [5.41, 5.74) is 15.8. The molecule has 0 spiro atoms. The second-order valence-corrected chi connectivity index (χ2v) is 17.5. The van der Waals surface area contributed by atoms with Crippen LogP contribution in [-0.2, 0) is 20.4 Å². The summed E-state index contributed by atoms with van der Waals surface area (Å²) in [6.45, 7) is 15.3. The molecule has 1 unspecified atom stereocenters. The zero-order valence-corrected chi connectivity index (χ0v) is 33.8.